The Kier molecular flexibility index (Phi) is 4.58. The SMILES string of the molecule is CN(C(=O)c1cnn2c(-c3ccccc3)cc(C(F)F)nc12)C1(CN)CCC1. The van der Waals surface area contributed by atoms with Crippen LogP contribution in [-0.4, -0.2) is 44.5 Å². The number of aromatic nitrogens is 3. The molecule has 1 aliphatic carbocycles. The number of carbonyl (C=O) groups is 1. The smallest absolute Gasteiger partial charge is 0.280 e. The number of rotatable bonds is 5. The second kappa shape index (κ2) is 6.94. The predicted octanol–water partition coefficient (Wildman–Crippen LogP) is 3.29. The number of hydrogen-bond acceptors (Lipinski definition) is 4. The third-order valence-corrected chi connectivity index (χ3v) is 5.70. The molecule has 3 aromatic rings. The van der Waals surface area contributed by atoms with Gasteiger partial charge in [-0.05, 0) is 25.3 Å². The Labute approximate surface area is 161 Å². The zero-order chi connectivity index (χ0) is 19.9. The number of halogens is 2. The molecular formula is C20H21F2N5O. The predicted molar refractivity (Wildman–Crippen MR) is 101 cm³/mol. The van der Waals surface area contributed by atoms with Crippen LogP contribution in [0.15, 0.2) is 42.6 Å². The third-order valence-electron chi connectivity index (χ3n) is 5.70. The Hall–Kier alpha value is -2.87. The van der Waals surface area contributed by atoms with Gasteiger partial charge in [0.05, 0.1) is 17.4 Å². The molecule has 0 radical (unpaired) electrons. The van der Waals surface area contributed by atoms with E-state index >= 15 is 0 Å². The monoisotopic (exact) mass is 385 g/mol. The summed E-state index contributed by atoms with van der Waals surface area (Å²) in [6.07, 6.45) is 1.30. The van der Waals surface area contributed by atoms with Crippen molar-refractivity contribution in [2.24, 2.45) is 5.73 Å². The summed E-state index contributed by atoms with van der Waals surface area (Å²) in [5.41, 5.74) is 6.63. The summed E-state index contributed by atoms with van der Waals surface area (Å²) in [6, 6.07) is 10.4. The lowest BCUT2D eigenvalue weighted by Crippen LogP contribution is -2.58. The van der Waals surface area contributed by atoms with Crippen LogP contribution in [0.3, 0.4) is 0 Å². The van der Waals surface area contributed by atoms with E-state index in [2.05, 4.69) is 10.1 Å². The third kappa shape index (κ3) is 2.84. The topological polar surface area (TPSA) is 76.5 Å². The number of benzene rings is 1. The number of alkyl halides is 2. The molecule has 2 N–H and O–H groups in total. The summed E-state index contributed by atoms with van der Waals surface area (Å²) in [5, 5.41) is 4.28. The maximum atomic E-state index is 13.5. The van der Waals surface area contributed by atoms with Crippen LogP contribution in [0.4, 0.5) is 8.78 Å². The van der Waals surface area contributed by atoms with Gasteiger partial charge in [-0.1, -0.05) is 30.3 Å². The Bertz CT molecular complexity index is 1010. The van der Waals surface area contributed by atoms with Crippen LogP contribution in [0.5, 0.6) is 0 Å². The van der Waals surface area contributed by atoms with Crippen molar-refractivity contribution in [3.8, 4) is 11.3 Å². The van der Waals surface area contributed by atoms with Crippen LogP contribution in [0.2, 0.25) is 0 Å². The molecule has 1 aliphatic rings. The van der Waals surface area contributed by atoms with Crippen molar-refractivity contribution in [1.82, 2.24) is 19.5 Å². The molecule has 0 bridgehead atoms. The largest absolute Gasteiger partial charge is 0.335 e. The van der Waals surface area contributed by atoms with Crippen LogP contribution in [0, 0.1) is 0 Å². The van der Waals surface area contributed by atoms with Gasteiger partial charge in [0.25, 0.3) is 12.3 Å². The van der Waals surface area contributed by atoms with E-state index in [1.165, 1.54) is 16.8 Å². The minimum atomic E-state index is -2.76. The Morgan fingerprint density at radius 1 is 1.32 bits per heavy atom. The number of carbonyl (C=O) groups excluding carboxylic acids is 1. The van der Waals surface area contributed by atoms with Crippen LogP contribution in [-0.2, 0) is 0 Å². The van der Waals surface area contributed by atoms with E-state index in [-0.39, 0.29) is 28.4 Å². The molecule has 1 amide bonds. The highest BCUT2D eigenvalue weighted by molar-refractivity contribution is 6.00. The molecule has 1 aromatic carbocycles. The highest BCUT2D eigenvalue weighted by Crippen LogP contribution is 2.37. The number of likely N-dealkylation sites (N-methyl/N-ethyl adjacent to an activating group) is 1. The van der Waals surface area contributed by atoms with Crippen LogP contribution in [0.25, 0.3) is 16.9 Å². The molecule has 0 unspecified atom stereocenters. The Balaban J connectivity index is 1.85. The summed E-state index contributed by atoms with van der Waals surface area (Å²) in [5.74, 6) is -0.307. The van der Waals surface area contributed by atoms with Gasteiger partial charge in [-0.15, -0.1) is 0 Å². The summed E-state index contributed by atoms with van der Waals surface area (Å²) >= 11 is 0. The van der Waals surface area contributed by atoms with Crippen molar-refractivity contribution in [2.45, 2.75) is 31.2 Å². The minimum absolute atomic E-state index is 0.125. The van der Waals surface area contributed by atoms with E-state index in [0.29, 0.717) is 17.8 Å². The molecule has 8 heteroatoms. The lowest BCUT2D eigenvalue weighted by atomic mass is 9.75. The summed E-state index contributed by atoms with van der Waals surface area (Å²) < 4.78 is 28.4. The Morgan fingerprint density at radius 2 is 2.04 bits per heavy atom. The van der Waals surface area contributed by atoms with Crippen LogP contribution >= 0.6 is 0 Å². The van der Waals surface area contributed by atoms with Crippen LogP contribution in [0.1, 0.15) is 41.7 Å². The fraction of sp³-hybridized carbons (Fsp3) is 0.350. The normalized spacial score (nSPS) is 15.6. The zero-order valence-electron chi connectivity index (χ0n) is 15.5. The van der Waals surface area contributed by atoms with Crippen molar-refractivity contribution >= 4 is 11.6 Å². The van der Waals surface area contributed by atoms with Gasteiger partial charge in [0.2, 0.25) is 0 Å². The molecule has 2 heterocycles. The molecule has 6 nitrogen and oxygen atoms in total. The van der Waals surface area contributed by atoms with Gasteiger partial charge < -0.3 is 10.6 Å². The Morgan fingerprint density at radius 3 is 2.61 bits per heavy atom. The van der Waals surface area contributed by atoms with Gasteiger partial charge in [0.1, 0.15) is 11.3 Å². The standard InChI is InChI=1S/C20H21F2N5O/c1-26(20(12-23)8-5-9-20)19(28)14-11-24-27-16(13-6-3-2-4-7-13)10-15(17(21)22)25-18(14)27/h2-4,6-7,10-11,17H,5,8-9,12,23H2,1H3. The first-order chi connectivity index (χ1) is 13.5. The highest BCUT2D eigenvalue weighted by Gasteiger charge is 2.42. The van der Waals surface area contributed by atoms with Gasteiger partial charge in [-0.2, -0.15) is 5.10 Å². The molecule has 0 saturated heterocycles. The quantitative estimate of drug-likeness (QED) is 0.731. The molecule has 0 spiro atoms. The van der Waals surface area contributed by atoms with Crippen LogP contribution < -0.4 is 5.73 Å². The number of nitrogens with zero attached hydrogens (tertiary/aromatic N) is 4. The lowest BCUT2D eigenvalue weighted by Gasteiger charge is -2.47. The molecule has 1 saturated carbocycles. The van der Waals surface area contributed by atoms with E-state index in [1.807, 2.05) is 18.2 Å². The molecule has 4 rings (SSSR count). The van der Waals surface area contributed by atoms with E-state index in [4.69, 9.17) is 5.73 Å². The molecule has 1 fully saturated rings. The second-order valence-corrected chi connectivity index (χ2v) is 7.17. The van der Waals surface area contributed by atoms with Crippen molar-refractivity contribution in [2.75, 3.05) is 13.6 Å². The van der Waals surface area contributed by atoms with E-state index in [9.17, 15) is 13.6 Å². The first-order valence-electron chi connectivity index (χ1n) is 9.17. The lowest BCUT2D eigenvalue weighted by molar-refractivity contribution is 0.0323. The van der Waals surface area contributed by atoms with E-state index < -0.39 is 6.43 Å². The number of hydrogen-bond donors (Lipinski definition) is 1. The first kappa shape index (κ1) is 18.5. The minimum Gasteiger partial charge on any atom is -0.335 e. The number of amides is 1. The first-order valence-corrected chi connectivity index (χ1v) is 9.17. The van der Waals surface area contributed by atoms with Gasteiger partial charge in [-0.25, -0.2) is 18.3 Å². The van der Waals surface area contributed by atoms with Gasteiger partial charge in [0, 0.05) is 19.2 Å². The highest BCUT2D eigenvalue weighted by atomic mass is 19.3. The molecule has 146 valence electrons. The van der Waals surface area contributed by atoms with Gasteiger partial charge in [-0.3, -0.25) is 4.79 Å². The van der Waals surface area contributed by atoms with E-state index in [1.54, 1.807) is 24.1 Å². The fourth-order valence-electron chi connectivity index (χ4n) is 3.72. The van der Waals surface area contributed by atoms with Gasteiger partial charge in [0.15, 0.2) is 5.65 Å². The van der Waals surface area contributed by atoms with Gasteiger partial charge >= 0.3 is 0 Å². The molecule has 0 atom stereocenters. The van der Waals surface area contributed by atoms with Crippen molar-refractivity contribution in [3.05, 3.63) is 53.9 Å². The second-order valence-electron chi connectivity index (χ2n) is 7.17. The maximum absolute atomic E-state index is 13.5. The summed E-state index contributed by atoms with van der Waals surface area (Å²) in [7, 11) is 1.70. The number of nitrogens with two attached hydrogens (primary N) is 1. The zero-order valence-corrected chi connectivity index (χ0v) is 15.5. The molecule has 28 heavy (non-hydrogen) atoms. The molecular weight excluding hydrogens is 364 g/mol. The molecule has 2 aromatic heterocycles. The van der Waals surface area contributed by atoms with Crippen molar-refractivity contribution in [3.63, 3.8) is 0 Å². The average Bonchev–Trinajstić information content (AvgIpc) is 3.10. The number of fused-ring (bicyclic) bond motifs is 1. The van der Waals surface area contributed by atoms with Crippen molar-refractivity contribution < 1.29 is 13.6 Å². The average molecular weight is 385 g/mol. The maximum Gasteiger partial charge on any atom is 0.280 e. The van der Waals surface area contributed by atoms with Crippen molar-refractivity contribution in [1.29, 1.82) is 0 Å². The fourth-order valence-corrected chi connectivity index (χ4v) is 3.72. The summed E-state index contributed by atoms with van der Waals surface area (Å²) in [6.45, 7) is 0.361. The summed E-state index contributed by atoms with van der Waals surface area (Å²) in [4.78, 5) is 18.8. The van der Waals surface area contributed by atoms with E-state index in [0.717, 1.165) is 19.3 Å². The molecule has 0 aliphatic heterocycles.